The highest BCUT2D eigenvalue weighted by atomic mass is 32.2. The summed E-state index contributed by atoms with van der Waals surface area (Å²) in [4.78, 5) is 34.1. The Labute approximate surface area is 205 Å². The van der Waals surface area contributed by atoms with Crippen LogP contribution >= 0.6 is 11.8 Å². The number of aromatic amines is 1. The van der Waals surface area contributed by atoms with E-state index in [-0.39, 0.29) is 17.2 Å². The standard InChI is InChI=1S/C26H24FN3O4S/c1-33-15-10-11-20(34-2)16(12-15)21-22-18(8-5-9-19(22)31)28-24-23(21)25(32)30-26(29-24)35-13-14-6-3-4-7-17(14)27/h3-4,6-7,10-12,21H,5,8-9,13H2,1-2H3,(H2,28,29,30,32)/t21-/m1/s1. The van der Waals surface area contributed by atoms with Crippen molar-refractivity contribution in [3.05, 3.63) is 86.6 Å². The van der Waals surface area contributed by atoms with Crippen molar-refractivity contribution in [2.45, 2.75) is 36.1 Å². The molecule has 35 heavy (non-hydrogen) atoms. The molecule has 2 aliphatic rings. The number of methoxy groups -OCH3 is 2. The number of hydrogen-bond acceptors (Lipinski definition) is 7. The fraction of sp³-hybridized carbons (Fsp3) is 0.269. The Morgan fingerprint density at radius 1 is 1.11 bits per heavy atom. The summed E-state index contributed by atoms with van der Waals surface area (Å²) in [7, 11) is 3.11. The normalized spacial score (nSPS) is 16.9. The molecular weight excluding hydrogens is 469 g/mol. The summed E-state index contributed by atoms with van der Waals surface area (Å²) in [6.45, 7) is 0. The quantitative estimate of drug-likeness (QED) is 0.377. The van der Waals surface area contributed by atoms with E-state index in [1.165, 1.54) is 17.8 Å². The van der Waals surface area contributed by atoms with Crippen molar-refractivity contribution < 1.29 is 18.7 Å². The summed E-state index contributed by atoms with van der Waals surface area (Å²) in [5, 5.41) is 3.62. The molecule has 1 aliphatic carbocycles. The molecule has 0 saturated carbocycles. The molecule has 0 radical (unpaired) electrons. The number of nitrogens with zero attached hydrogens (tertiary/aromatic N) is 1. The van der Waals surface area contributed by atoms with Gasteiger partial charge in [-0.15, -0.1) is 0 Å². The van der Waals surface area contributed by atoms with E-state index in [1.807, 2.05) is 0 Å². The average Bonchev–Trinajstić information content (AvgIpc) is 2.86. The van der Waals surface area contributed by atoms with Crippen molar-refractivity contribution in [2.24, 2.45) is 0 Å². The van der Waals surface area contributed by atoms with Gasteiger partial charge in [0.2, 0.25) is 0 Å². The zero-order valence-electron chi connectivity index (χ0n) is 19.3. The number of carbonyl (C=O) groups is 1. The molecule has 0 saturated heterocycles. The average molecular weight is 494 g/mol. The Bertz CT molecular complexity index is 1400. The summed E-state index contributed by atoms with van der Waals surface area (Å²) in [5.41, 5.74) is 2.50. The van der Waals surface area contributed by atoms with Crippen LogP contribution in [0, 0.1) is 5.82 Å². The van der Waals surface area contributed by atoms with Crippen LogP contribution in [0.5, 0.6) is 11.5 Å². The second kappa shape index (κ2) is 9.58. The summed E-state index contributed by atoms with van der Waals surface area (Å²) in [5.74, 6) is 0.887. The van der Waals surface area contributed by atoms with Crippen molar-refractivity contribution >= 4 is 23.4 Å². The van der Waals surface area contributed by atoms with Gasteiger partial charge in [-0.3, -0.25) is 9.59 Å². The number of anilines is 1. The zero-order valence-corrected chi connectivity index (χ0v) is 20.1. The minimum Gasteiger partial charge on any atom is -0.497 e. The minimum atomic E-state index is -0.652. The molecule has 5 rings (SSSR count). The first-order valence-corrected chi connectivity index (χ1v) is 12.2. The molecule has 2 N–H and O–H groups in total. The van der Waals surface area contributed by atoms with Gasteiger partial charge in [0.15, 0.2) is 10.9 Å². The van der Waals surface area contributed by atoms with E-state index in [0.717, 1.165) is 12.1 Å². The van der Waals surface area contributed by atoms with Gasteiger partial charge in [-0.25, -0.2) is 9.37 Å². The second-order valence-corrected chi connectivity index (χ2v) is 9.31. The van der Waals surface area contributed by atoms with Crippen molar-refractivity contribution in [2.75, 3.05) is 19.5 Å². The molecule has 0 fully saturated rings. The molecule has 1 aromatic heterocycles. The molecule has 0 unspecified atom stereocenters. The summed E-state index contributed by atoms with van der Waals surface area (Å²) in [6.07, 6.45) is 1.82. The molecule has 1 aliphatic heterocycles. The van der Waals surface area contributed by atoms with Crippen LogP contribution in [0.2, 0.25) is 0 Å². The molecule has 0 bridgehead atoms. The third-order valence-electron chi connectivity index (χ3n) is 6.31. The summed E-state index contributed by atoms with van der Waals surface area (Å²) >= 11 is 1.24. The van der Waals surface area contributed by atoms with Gasteiger partial charge >= 0.3 is 0 Å². The molecule has 2 heterocycles. The van der Waals surface area contributed by atoms with Crippen LogP contribution in [0.4, 0.5) is 10.2 Å². The number of H-pyrrole nitrogens is 1. The number of nitrogens with one attached hydrogen (secondary N) is 2. The van der Waals surface area contributed by atoms with Crippen LogP contribution in [0.15, 0.2) is 63.7 Å². The third kappa shape index (κ3) is 4.32. The van der Waals surface area contributed by atoms with E-state index in [9.17, 15) is 14.0 Å². The van der Waals surface area contributed by atoms with Crippen molar-refractivity contribution in [3.8, 4) is 11.5 Å². The molecule has 9 heteroatoms. The third-order valence-corrected chi connectivity index (χ3v) is 7.23. The number of benzene rings is 2. The Morgan fingerprint density at radius 2 is 1.94 bits per heavy atom. The van der Waals surface area contributed by atoms with Gasteiger partial charge in [-0.05, 0) is 42.7 Å². The Kier molecular flexibility index (Phi) is 6.34. The van der Waals surface area contributed by atoms with Gasteiger partial charge < -0.3 is 19.8 Å². The maximum Gasteiger partial charge on any atom is 0.257 e. The molecule has 7 nitrogen and oxygen atoms in total. The lowest BCUT2D eigenvalue weighted by Gasteiger charge is -2.33. The van der Waals surface area contributed by atoms with E-state index in [0.29, 0.717) is 63.3 Å². The summed E-state index contributed by atoms with van der Waals surface area (Å²) in [6, 6.07) is 11.8. The van der Waals surface area contributed by atoms with Crippen molar-refractivity contribution in [1.29, 1.82) is 0 Å². The van der Waals surface area contributed by atoms with Gasteiger partial charge in [-0.1, -0.05) is 30.0 Å². The molecule has 1 atom stereocenters. The highest BCUT2D eigenvalue weighted by molar-refractivity contribution is 7.98. The molecular formula is C26H24FN3O4S. The predicted octanol–water partition coefficient (Wildman–Crippen LogP) is 4.78. The number of thioether (sulfide) groups is 1. The molecule has 3 aromatic rings. The molecule has 0 spiro atoms. The summed E-state index contributed by atoms with van der Waals surface area (Å²) < 4.78 is 25.1. The van der Waals surface area contributed by atoms with Crippen LogP contribution in [0.25, 0.3) is 0 Å². The molecule has 0 amide bonds. The lowest BCUT2D eigenvalue weighted by molar-refractivity contribution is -0.116. The first-order valence-electron chi connectivity index (χ1n) is 11.3. The maximum atomic E-state index is 14.1. The number of allylic oxidation sites excluding steroid dienone is 2. The first-order chi connectivity index (χ1) is 17.0. The number of aromatic nitrogens is 2. The first kappa shape index (κ1) is 23.2. The number of hydrogen-bond donors (Lipinski definition) is 2. The van der Waals surface area contributed by atoms with Crippen molar-refractivity contribution in [3.63, 3.8) is 0 Å². The van der Waals surface area contributed by atoms with E-state index in [1.54, 1.807) is 50.6 Å². The van der Waals surface area contributed by atoms with Crippen LogP contribution in [-0.4, -0.2) is 30.0 Å². The number of ketones is 1. The number of rotatable bonds is 6. The Morgan fingerprint density at radius 3 is 2.71 bits per heavy atom. The lowest BCUT2D eigenvalue weighted by atomic mass is 9.76. The van der Waals surface area contributed by atoms with Crippen LogP contribution in [-0.2, 0) is 10.5 Å². The van der Waals surface area contributed by atoms with Gasteiger partial charge in [0.1, 0.15) is 23.1 Å². The van der Waals surface area contributed by atoms with Crippen LogP contribution < -0.4 is 20.3 Å². The van der Waals surface area contributed by atoms with E-state index < -0.39 is 5.92 Å². The van der Waals surface area contributed by atoms with E-state index in [2.05, 4.69) is 15.3 Å². The van der Waals surface area contributed by atoms with E-state index >= 15 is 0 Å². The van der Waals surface area contributed by atoms with Crippen LogP contribution in [0.1, 0.15) is 41.9 Å². The molecule has 2 aromatic carbocycles. The monoisotopic (exact) mass is 493 g/mol. The SMILES string of the molecule is COc1ccc(OC)c([C@@H]2C3=C(CCCC3=O)Nc3nc(SCc4ccccc4F)[nH]c(=O)c32)c1. The topological polar surface area (TPSA) is 93.3 Å². The van der Waals surface area contributed by atoms with Gasteiger partial charge in [0, 0.05) is 29.0 Å². The fourth-order valence-corrected chi connectivity index (χ4v) is 5.49. The molecule has 180 valence electrons. The number of fused-ring (bicyclic) bond motifs is 1. The van der Waals surface area contributed by atoms with Crippen LogP contribution in [0.3, 0.4) is 0 Å². The Balaban J connectivity index is 1.62. The number of halogens is 1. The maximum absolute atomic E-state index is 14.1. The minimum absolute atomic E-state index is 0.00308. The zero-order chi connectivity index (χ0) is 24.5. The van der Waals surface area contributed by atoms with Gasteiger partial charge in [0.25, 0.3) is 5.56 Å². The van der Waals surface area contributed by atoms with Crippen molar-refractivity contribution in [1.82, 2.24) is 9.97 Å². The van der Waals surface area contributed by atoms with E-state index in [4.69, 9.17) is 9.47 Å². The largest absolute Gasteiger partial charge is 0.497 e. The number of Topliss-reactive ketones (excluding diaryl/α,β-unsaturated/α-hetero) is 1. The number of carbonyl (C=O) groups excluding carboxylic acids is 1. The Hall–Kier alpha value is -3.59. The second-order valence-electron chi connectivity index (χ2n) is 8.35. The van der Waals surface area contributed by atoms with Gasteiger partial charge in [-0.2, -0.15) is 0 Å². The smallest absolute Gasteiger partial charge is 0.257 e. The highest BCUT2D eigenvalue weighted by Crippen LogP contribution is 2.46. The lowest BCUT2D eigenvalue weighted by Crippen LogP contribution is -2.33. The van der Waals surface area contributed by atoms with Gasteiger partial charge in [0.05, 0.1) is 25.7 Å². The number of ether oxygens (including phenoxy) is 2. The predicted molar refractivity (Wildman–Crippen MR) is 132 cm³/mol. The fourth-order valence-electron chi connectivity index (χ4n) is 4.65. The highest BCUT2D eigenvalue weighted by Gasteiger charge is 2.39.